The SMILES string of the molecule is COc1ccc(CC2NCc3ccccc32)cc1Br. The van der Waals surface area contributed by atoms with Crippen molar-refractivity contribution in [3.63, 3.8) is 0 Å². The Morgan fingerprint density at radius 3 is 2.89 bits per heavy atom. The summed E-state index contributed by atoms with van der Waals surface area (Å²) in [5, 5.41) is 3.57. The summed E-state index contributed by atoms with van der Waals surface area (Å²) >= 11 is 3.54. The van der Waals surface area contributed by atoms with Gasteiger partial charge in [-0.15, -0.1) is 0 Å². The summed E-state index contributed by atoms with van der Waals surface area (Å²) in [6.45, 7) is 0.970. The molecular weight excluding hydrogens is 302 g/mol. The summed E-state index contributed by atoms with van der Waals surface area (Å²) in [5.74, 6) is 0.878. The van der Waals surface area contributed by atoms with E-state index in [2.05, 4.69) is 57.6 Å². The van der Waals surface area contributed by atoms with Crippen LogP contribution in [0.4, 0.5) is 0 Å². The number of benzene rings is 2. The van der Waals surface area contributed by atoms with Gasteiger partial charge in [0.05, 0.1) is 11.6 Å². The molecule has 2 aromatic carbocycles. The van der Waals surface area contributed by atoms with Crippen molar-refractivity contribution in [2.45, 2.75) is 19.0 Å². The third-order valence-corrected chi connectivity index (χ3v) is 4.25. The Hall–Kier alpha value is -1.32. The Balaban J connectivity index is 1.81. The average molecular weight is 318 g/mol. The van der Waals surface area contributed by atoms with E-state index in [1.54, 1.807) is 7.11 Å². The van der Waals surface area contributed by atoms with Crippen molar-refractivity contribution in [3.8, 4) is 5.75 Å². The minimum Gasteiger partial charge on any atom is -0.496 e. The lowest BCUT2D eigenvalue weighted by Crippen LogP contribution is -2.14. The monoisotopic (exact) mass is 317 g/mol. The van der Waals surface area contributed by atoms with Crippen molar-refractivity contribution < 1.29 is 4.74 Å². The molecule has 3 heteroatoms. The van der Waals surface area contributed by atoms with Crippen LogP contribution in [0, 0.1) is 0 Å². The lowest BCUT2D eigenvalue weighted by molar-refractivity contribution is 0.412. The van der Waals surface area contributed by atoms with Crippen LogP contribution in [-0.4, -0.2) is 7.11 Å². The summed E-state index contributed by atoms with van der Waals surface area (Å²) in [5.41, 5.74) is 4.15. The fourth-order valence-electron chi connectivity index (χ4n) is 2.63. The van der Waals surface area contributed by atoms with E-state index in [-0.39, 0.29) is 0 Å². The molecule has 0 fully saturated rings. The van der Waals surface area contributed by atoms with Crippen LogP contribution in [0.15, 0.2) is 46.9 Å². The lowest BCUT2D eigenvalue weighted by Gasteiger charge is -2.13. The first kappa shape index (κ1) is 12.7. The summed E-state index contributed by atoms with van der Waals surface area (Å²) in [4.78, 5) is 0. The minimum atomic E-state index is 0.413. The second-order valence-corrected chi connectivity index (χ2v) is 5.66. The fraction of sp³-hybridized carbons (Fsp3) is 0.250. The van der Waals surface area contributed by atoms with Crippen molar-refractivity contribution in [1.29, 1.82) is 0 Å². The Kier molecular flexibility index (Phi) is 3.58. The molecule has 0 saturated carbocycles. The molecule has 0 amide bonds. The molecule has 2 aromatic rings. The Labute approximate surface area is 121 Å². The molecule has 1 atom stereocenters. The number of rotatable bonds is 3. The molecule has 1 heterocycles. The highest BCUT2D eigenvalue weighted by molar-refractivity contribution is 9.10. The topological polar surface area (TPSA) is 21.3 Å². The predicted molar refractivity (Wildman–Crippen MR) is 80.4 cm³/mol. The van der Waals surface area contributed by atoms with Crippen LogP contribution in [-0.2, 0) is 13.0 Å². The van der Waals surface area contributed by atoms with Gasteiger partial charge >= 0.3 is 0 Å². The van der Waals surface area contributed by atoms with E-state index in [1.807, 2.05) is 6.07 Å². The zero-order chi connectivity index (χ0) is 13.2. The molecule has 1 aliphatic rings. The molecule has 1 N–H and O–H groups in total. The molecule has 1 unspecified atom stereocenters. The standard InChI is InChI=1S/C16H16BrNO/c1-19-16-7-6-11(8-14(16)17)9-15-13-5-3-2-4-12(13)10-18-15/h2-8,15,18H,9-10H2,1H3. The van der Waals surface area contributed by atoms with Gasteiger partial charge in [0, 0.05) is 12.6 Å². The quantitative estimate of drug-likeness (QED) is 0.928. The number of hydrogen-bond acceptors (Lipinski definition) is 2. The molecular formula is C16H16BrNO. The first-order valence-electron chi connectivity index (χ1n) is 6.41. The van der Waals surface area contributed by atoms with Crippen LogP contribution >= 0.6 is 15.9 Å². The number of halogens is 1. The average Bonchev–Trinajstić information content (AvgIpc) is 2.83. The van der Waals surface area contributed by atoms with Gasteiger partial charge in [-0.1, -0.05) is 30.3 Å². The number of methoxy groups -OCH3 is 1. The molecule has 0 aromatic heterocycles. The van der Waals surface area contributed by atoms with E-state index >= 15 is 0 Å². The maximum Gasteiger partial charge on any atom is 0.133 e. The van der Waals surface area contributed by atoms with Crippen LogP contribution in [0.25, 0.3) is 0 Å². The van der Waals surface area contributed by atoms with E-state index in [9.17, 15) is 0 Å². The zero-order valence-electron chi connectivity index (χ0n) is 10.8. The second-order valence-electron chi connectivity index (χ2n) is 4.81. The van der Waals surface area contributed by atoms with Crippen LogP contribution in [0.3, 0.4) is 0 Å². The van der Waals surface area contributed by atoms with Crippen molar-refractivity contribution >= 4 is 15.9 Å². The fourth-order valence-corrected chi connectivity index (χ4v) is 3.22. The van der Waals surface area contributed by atoms with Gasteiger partial charge in [-0.25, -0.2) is 0 Å². The van der Waals surface area contributed by atoms with E-state index in [4.69, 9.17) is 4.74 Å². The molecule has 3 rings (SSSR count). The van der Waals surface area contributed by atoms with Gasteiger partial charge in [0.2, 0.25) is 0 Å². The minimum absolute atomic E-state index is 0.413. The van der Waals surface area contributed by atoms with Crippen molar-refractivity contribution in [3.05, 3.63) is 63.6 Å². The maximum atomic E-state index is 5.26. The Bertz CT molecular complexity index is 597. The Morgan fingerprint density at radius 2 is 2.11 bits per heavy atom. The van der Waals surface area contributed by atoms with Gasteiger partial charge in [0.15, 0.2) is 0 Å². The molecule has 0 bridgehead atoms. The van der Waals surface area contributed by atoms with Crippen LogP contribution in [0.5, 0.6) is 5.75 Å². The molecule has 98 valence electrons. The first-order valence-corrected chi connectivity index (χ1v) is 7.21. The van der Waals surface area contributed by atoms with E-state index < -0.39 is 0 Å². The van der Waals surface area contributed by atoms with Gasteiger partial charge in [0.25, 0.3) is 0 Å². The third kappa shape index (κ3) is 2.53. The van der Waals surface area contributed by atoms with Crippen LogP contribution in [0.1, 0.15) is 22.7 Å². The Morgan fingerprint density at radius 1 is 1.26 bits per heavy atom. The normalized spacial score (nSPS) is 17.3. The molecule has 0 spiro atoms. The highest BCUT2D eigenvalue weighted by Crippen LogP contribution is 2.31. The molecule has 0 aliphatic carbocycles. The second kappa shape index (κ2) is 5.35. The highest BCUT2D eigenvalue weighted by Gasteiger charge is 2.21. The van der Waals surface area contributed by atoms with Crippen LogP contribution < -0.4 is 10.1 Å². The molecule has 0 saturated heterocycles. The van der Waals surface area contributed by atoms with Crippen molar-refractivity contribution in [1.82, 2.24) is 5.32 Å². The predicted octanol–water partition coefficient (Wildman–Crippen LogP) is 3.84. The van der Waals surface area contributed by atoms with Gasteiger partial charge in [-0.05, 0) is 51.2 Å². The molecule has 1 aliphatic heterocycles. The van der Waals surface area contributed by atoms with Gasteiger partial charge in [0.1, 0.15) is 5.75 Å². The number of ether oxygens (including phenoxy) is 1. The van der Waals surface area contributed by atoms with Gasteiger partial charge in [-0.2, -0.15) is 0 Å². The number of fused-ring (bicyclic) bond motifs is 1. The lowest BCUT2D eigenvalue weighted by atomic mass is 9.99. The van der Waals surface area contributed by atoms with Crippen LogP contribution in [0.2, 0.25) is 0 Å². The largest absolute Gasteiger partial charge is 0.496 e. The highest BCUT2D eigenvalue weighted by atomic mass is 79.9. The number of hydrogen-bond donors (Lipinski definition) is 1. The summed E-state index contributed by atoms with van der Waals surface area (Å²) < 4.78 is 6.28. The number of nitrogens with one attached hydrogen (secondary N) is 1. The smallest absolute Gasteiger partial charge is 0.133 e. The van der Waals surface area contributed by atoms with E-state index in [0.29, 0.717) is 6.04 Å². The first-order chi connectivity index (χ1) is 9.28. The van der Waals surface area contributed by atoms with E-state index in [1.165, 1.54) is 16.7 Å². The van der Waals surface area contributed by atoms with Crippen molar-refractivity contribution in [2.75, 3.05) is 7.11 Å². The van der Waals surface area contributed by atoms with Gasteiger partial charge < -0.3 is 10.1 Å². The van der Waals surface area contributed by atoms with E-state index in [0.717, 1.165) is 23.2 Å². The molecule has 2 nitrogen and oxygen atoms in total. The third-order valence-electron chi connectivity index (χ3n) is 3.63. The van der Waals surface area contributed by atoms with Crippen molar-refractivity contribution in [2.24, 2.45) is 0 Å². The molecule has 0 radical (unpaired) electrons. The summed E-state index contributed by atoms with van der Waals surface area (Å²) in [6.07, 6.45) is 1.000. The summed E-state index contributed by atoms with van der Waals surface area (Å²) in [6, 6.07) is 15.3. The maximum absolute atomic E-state index is 5.26. The zero-order valence-corrected chi connectivity index (χ0v) is 12.4. The summed E-state index contributed by atoms with van der Waals surface area (Å²) in [7, 11) is 1.69. The van der Waals surface area contributed by atoms with Gasteiger partial charge in [-0.3, -0.25) is 0 Å². The molecule has 19 heavy (non-hydrogen) atoms.